The average Bonchev–Trinajstić information content (AvgIpc) is 3.38. The minimum absolute atomic E-state index is 0.00737. The number of hydrogen-bond acceptors (Lipinski definition) is 3. The van der Waals surface area contributed by atoms with Crippen LogP contribution in [0.4, 0.5) is 0 Å². The zero-order valence-corrected chi connectivity index (χ0v) is 25.4. The molecule has 2 aliphatic heterocycles. The lowest BCUT2D eigenvalue weighted by molar-refractivity contribution is -0.972. The van der Waals surface area contributed by atoms with E-state index in [-0.39, 0.29) is 17.7 Å². The summed E-state index contributed by atoms with van der Waals surface area (Å²) in [5.74, 6) is 0.305. The third kappa shape index (κ3) is 6.17. The van der Waals surface area contributed by atoms with Crippen molar-refractivity contribution in [3.05, 3.63) is 57.8 Å². The number of likely N-dealkylation sites (N-methyl/N-ethyl adjacent to an activating group) is 2. The van der Waals surface area contributed by atoms with E-state index in [0.717, 1.165) is 74.9 Å². The molecule has 2 fully saturated rings. The van der Waals surface area contributed by atoms with Crippen molar-refractivity contribution in [2.24, 2.45) is 7.05 Å². The van der Waals surface area contributed by atoms with Crippen molar-refractivity contribution in [1.82, 2.24) is 19.7 Å². The molecule has 2 aromatic rings. The lowest BCUT2D eigenvalue weighted by atomic mass is 9.79. The fraction of sp³-hybridized carbons (Fsp3) is 0.600. The Hall–Kier alpha value is -2.06. The number of likely N-dealkylation sites (tertiary alicyclic amines) is 1. The van der Waals surface area contributed by atoms with Crippen LogP contribution in [0.15, 0.2) is 36.5 Å². The number of rotatable bonds is 9. The smallest absolute Gasteiger partial charge is 0.283 e. The SMILES string of the molecule is CN(C)C(=O)C1([N+]2(CCC(CN(C)C(=O)c3cccn3C)c3ccc(Cl)c(Cl)c3)CCCCC2)CCNCC1. The van der Waals surface area contributed by atoms with Crippen LogP contribution in [0, 0.1) is 0 Å². The number of nitrogens with one attached hydrogen (secondary N) is 1. The standard InChI is InChI=1S/C30H44Cl2N5O2/c1-34(2)29(39)30(13-15-33-16-14-30)37(18-6-5-7-19-37)20-12-24(23-10-11-25(31)26(32)21-23)22-36(4)28(38)27-9-8-17-35(27)3/h8-11,17,21,24,33H,5-7,12-16,18-20,22H2,1-4H3/q+1. The molecule has 2 saturated heterocycles. The quantitative estimate of drug-likeness (QED) is 0.437. The van der Waals surface area contributed by atoms with Gasteiger partial charge in [-0.2, -0.15) is 0 Å². The van der Waals surface area contributed by atoms with Gasteiger partial charge in [-0.3, -0.25) is 9.59 Å². The van der Waals surface area contributed by atoms with Crippen molar-refractivity contribution in [3.8, 4) is 0 Å². The van der Waals surface area contributed by atoms with E-state index in [0.29, 0.717) is 22.3 Å². The molecule has 1 N–H and O–H groups in total. The molecule has 2 amide bonds. The van der Waals surface area contributed by atoms with Crippen LogP contribution in [-0.4, -0.2) is 96.6 Å². The second-order valence-electron chi connectivity index (χ2n) is 11.7. The van der Waals surface area contributed by atoms with Crippen LogP contribution in [0.1, 0.15) is 60.5 Å². The normalized spacial score (nSPS) is 19.3. The molecule has 0 bridgehead atoms. The Morgan fingerprint density at radius 1 is 1.05 bits per heavy atom. The summed E-state index contributed by atoms with van der Waals surface area (Å²) < 4.78 is 2.69. The Bertz CT molecular complexity index is 1150. The van der Waals surface area contributed by atoms with Gasteiger partial charge in [-0.25, -0.2) is 0 Å². The number of carbonyl (C=O) groups is 2. The second-order valence-corrected chi connectivity index (χ2v) is 12.5. The van der Waals surface area contributed by atoms with Crippen molar-refractivity contribution in [1.29, 1.82) is 0 Å². The summed E-state index contributed by atoms with van der Waals surface area (Å²) in [6, 6.07) is 9.57. The number of carbonyl (C=O) groups excluding carboxylic acids is 2. The number of aromatic nitrogens is 1. The van der Waals surface area contributed by atoms with Crippen molar-refractivity contribution in [3.63, 3.8) is 0 Å². The van der Waals surface area contributed by atoms with Crippen LogP contribution >= 0.6 is 23.2 Å². The van der Waals surface area contributed by atoms with Gasteiger partial charge in [-0.15, -0.1) is 0 Å². The fourth-order valence-electron chi connectivity index (χ4n) is 6.96. The first kappa shape index (κ1) is 29.9. The van der Waals surface area contributed by atoms with E-state index in [1.165, 1.54) is 6.42 Å². The maximum atomic E-state index is 13.9. The van der Waals surface area contributed by atoms with Gasteiger partial charge in [0.05, 0.1) is 29.7 Å². The maximum absolute atomic E-state index is 13.9. The Labute approximate surface area is 243 Å². The number of nitrogens with zero attached hydrogens (tertiary/aromatic N) is 4. The van der Waals surface area contributed by atoms with Gasteiger partial charge in [0.1, 0.15) is 5.69 Å². The van der Waals surface area contributed by atoms with Gasteiger partial charge < -0.3 is 24.2 Å². The fourth-order valence-corrected chi connectivity index (χ4v) is 7.26. The molecule has 3 heterocycles. The van der Waals surface area contributed by atoms with Gasteiger partial charge in [0.25, 0.3) is 11.8 Å². The van der Waals surface area contributed by atoms with Crippen LogP contribution in [-0.2, 0) is 11.8 Å². The van der Waals surface area contributed by atoms with E-state index in [2.05, 4.69) is 5.32 Å². The van der Waals surface area contributed by atoms with E-state index in [1.807, 2.05) is 79.1 Å². The largest absolute Gasteiger partial charge is 0.347 e. The van der Waals surface area contributed by atoms with Crippen molar-refractivity contribution in [2.75, 3.05) is 60.4 Å². The molecule has 1 unspecified atom stereocenters. The molecule has 1 aromatic heterocycles. The highest BCUT2D eigenvalue weighted by Gasteiger charge is 2.57. The summed E-state index contributed by atoms with van der Waals surface area (Å²) in [5.41, 5.74) is 1.32. The van der Waals surface area contributed by atoms with E-state index in [9.17, 15) is 9.59 Å². The van der Waals surface area contributed by atoms with Crippen molar-refractivity contribution < 1.29 is 14.1 Å². The van der Waals surface area contributed by atoms with Gasteiger partial charge in [-0.1, -0.05) is 29.3 Å². The molecule has 0 saturated carbocycles. The van der Waals surface area contributed by atoms with Gasteiger partial charge in [0, 0.05) is 79.2 Å². The minimum atomic E-state index is -0.415. The summed E-state index contributed by atoms with van der Waals surface area (Å²) in [6.45, 7) is 5.21. The number of aryl methyl sites for hydroxylation is 1. The summed E-state index contributed by atoms with van der Waals surface area (Å²) in [4.78, 5) is 30.9. The number of quaternary nitrogens is 1. The summed E-state index contributed by atoms with van der Waals surface area (Å²) in [5, 5.41) is 4.54. The molecule has 9 heteroatoms. The van der Waals surface area contributed by atoms with Crippen LogP contribution in [0.3, 0.4) is 0 Å². The molecule has 0 aliphatic carbocycles. The van der Waals surface area contributed by atoms with Crippen molar-refractivity contribution in [2.45, 2.75) is 50.0 Å². The number of benzene rings is 1. The van der Waals surface area contributed by atoms with E-state index in [4.69, 9.17) is 23.2 Å². The van der Waals surface area contributed by atoms with Crippen LogP contribution in [0.25, 0.3) is 0 Å². The number of hydrogen-bond donors (Lipinski definition) is 1. The lowest BCUT2D eigenvalue weighted by Gasteiger charge is -2.56. The predicted octanol–water partition coefficient (Wildman–Crippen LogP) is 4.79. The highest BCUT2D eigenvalue weighted by atomic mass is 35.5. The first-order chi connectivity index (χ1) is 18.6. The molecule has 1 aromatic carbocycles. The van der Waals surface area contributed by atoms with Gasteiger partial charge in [0.15, 0.2) is 5.54 Å². The first-order valence-electron chi connectivity index (χ1n) is 14.2. The van der Waals surface area contributed by atoms with Gasteiger partial charge >= 0.3 is 0 Å². The summed E-state index contributed by atoms with van der Waals surface area (Å²) >= 11 is 12.8. The van der Waals surface area contributed by atoms with Gasteiger partial charge in [0.2, 0.25) is 0 Å². The Kier molecular flexibility index (Phi) is 9.69. The molecule has 214 valence electrons. The second kappa shape index (κ2) is 12.6. The van der Waals surface area contributed by atoms with Crippen LogP contribution in [0.2, 0.25) is 10.0 Å². The zero-order chi connectivity index (χ0) is 28.2. The first-order valence-corrected chi connectivity index (χ1v) is 15.0. The zero-order valence-electron chi connectivity index (χ0n) is 23.9. The highest BCUT2D eigenvalue weighted by molar-refractivity contribution is 6.42. The third-order valence-electron chi connectivity index (χ3n) is 9.14. The van der Waals surface area contributed by atoms with E-state index >= 15 is 0 Å². The lowest BCUT2D eigenvalue weighted by Crippen LogP contribution is -2.74. The van der Waals surface area contributed by atoms with E-state index in [1.54, 1.807) is 0 Å². The maximum Gasteiger partial charge on any atom is 0.283 e. The molecule has 7 nitrogen and oxygen atoms in total. The predicted molar refractivity (Wildman–Crippen MR) is 158 cm³/mol. The third-order valence-corrected chi connectivity index (χ3v) is 9.88. The molecular weight excluding hydrogens is 533 g/mol. The summed E-state index contributed by atoms with van der Waals surface area (Å²) in [7, 11) is 7.56. The van der Waals surface area contributed by atoms with Crippen LogP contribution < -0.4 is 5.32 Å². The average molecular weight is 578 g/mol. The van der Waals surface area contributed by atoms with Gasteiger partial charge in [-0.05, 0) is 49.1 Å². The summed E-state index contributed by atoms with van der Waals surface area (Å²) in [6.07, 6.45) is 7.94. The Balaban J connectivity index is 1.66. The number of halogens is 2. The molecule has 39 heavy (non-hydrogen) atoms. The number of piperidine rings is 2. The van der Waals surface area contributed by atoms with Crippen LogP contribution in [0.5, 0.6) is 0 Å². The molecular formula is C30H44Cl2N5O2+. The van der Waals surface area contributed by atoms with Crippen molar-refractivity contribution >= 4 is 35.0 Å². The monoisotopic (exact) mass is 576 g/mol. The number of amides is 2. The topological polar surface area (TPSA) is 57.6 Å². The minimum Gasteiger partial charge on any atom is -0.347 e. The Morgan fingerprint density at radius 2 is 1.74 bits per heavy atom. The molecule has 1 atom stereocenters. The molecule has 0 radical (unpaired) electrons. The highest BCUT2D eigenvalue weighted by Crippen LogP contribution is 2.40. The Morgan fingerprint density at radius 3 is 2.33 bits per heavy atom. The molecule has 0 spiro atoms. The molecule has 4 rings (SSSR count). The molecule has 2 aliphatic rings. The van der Waals surface area contributed by atoms with E-state index < -0.39 is 5.54 Å².